The second kappa shape index (κ2) is 5.80. The molecule has 3 aromatic carbocycles. The Morgan fingerprint density at radius 2 is 1.55 bits per heavy atom. The first kappa shape index (κ1) is 15.2. The summed E-state index contributed by atoms with van der Waals surface area (Å²) in [5, 5.41) is 2.26. The maximum absolute atomic E-state index is 12.3. The van der Waals surface area contributed by atoms with Gasteiger partial charge in [0.25, 0.3) is 0 Å². The third-order valence-electron chi connectivity index (χ3n) is 3.09. The summed E-state index contributed by atoms with van der Waals surface area (Å²) < 4.78 is 29.8. The molecule has 3 nitrogen and oxygen atoms in total. The first-order valence-electron chi connectivity index (χ1n) is 6.34. The molecule has 0 heterocycles. The van der Waals surface area contributed by atoms with E-state index < -0.39 is 10.1 Å². The van der Waals surface area contributed by atoms with E-state index in [2.05, 4.69) is 0 Å². The Balaban J connectivity index is 1.99. The van der Waals surface area contributed by atoms with E-state index >= 15 is 0 Å². The predicted molar refractivity (Wildman–Crippen MR) is 88.2 cm³/mol. The fourth-order valence-corrected chi connectivity index (χ4v) is 3.74. The molecule has 0 saturated heterocycles. The third-order valence-corrected chi connectivity index (χ3v) is 5.06. The lowest BCUT2D eigenvalue weighted by Crippen LogP contribution is -2.10. The highest BCUT2D eigenvalue weighted by atomic mass is 35.5. The van der Waals surface area contributed by atoms with Gasteiger partial charge in [0, 0.05) is 5.02 Å². The van der Waals surface area contributed by atoms with Crippen LogP contribution < -0.4 is 4.18 Å². The van der Waals surface area contributed by atoms with E-state index in [4.69, 9.17) is 27.4 Å². The highest BCUT2D eigenvalue weighted by Gasteiger charge is 2.20. The van der Waals surface area contributed by atoms with Crippen molar-refractivity contribution in [3.8, 4) is 5.75 Å². The maximum atomic E-state index is 12.3. The van der Waals surface area contributed by atoms with Crippen LogP contribution in [0.25, 0.3) is 10.8 Å². The van der Waals surface area contributed by atoms with Crippen molar-refractivity contribution in [2.75, 3.05) is 0 Å². The molecule has 0 bridgehead atoms. The van der Waals surface area contributed by atoms with Crippen LogP contribution in [-0.2, 0) is 10.1 Å². The second-order valence-corrected chi connectivity index (χ2v) is 6.98. The van der Waals surface area contributed by atoms with Gasteiger partial charge in [0.1, 0.15) is 10.6 Å². The Morgan fingerprint density at radius 3 is 2.27 bits per heavy atom. The van der Waals surface area contributed by atoms with E-state index in [0.29, 0.717) is 5.02 Å². The lowest BCUT2D eigenvalue weighted by atomic mass is 10.1. The number of hydrogen-bond acceptors (Lipinski definition) is 3. The first-order valence-corrected chi connectivity index (χ1v) is 8.50. The van der Waals surface area contributed by atoms with Crippen molar-refractivity contribution < 1.29 is 12.6 Å². The molecule has 22 heavy (non-hydrogen) atoms. The molecule has 3 rings (SSSR count). The molecule has 0 fully saturated rings. The zero-order valence-electron chi connectivity index (χ0n) is 11.2. The van der Waals surface area contributed by atoms with Crippen molar-refractivity contribution in [1.29, 1.82) is 0 Å². The van der Waals surface area contributed by atoms with E-state index in [1.54, 1.807) is 18.2 Å². The molecule has 0 aliphatic rings. The molecular formula is C16H10Cl2O3S. The molecule has 0 saturated carbocycles. The van der Waals surface area contributed by atoms with Crippen LogP contribution in [0.15, 0.2) is 65.6 Å². The largest absolute Gasteiger partial charge is 0.379 e. The number of hydrogen-bond donors (Lipinski definition) is 0. The molecule has 0 aromatic heterocycles. The van der Waals surface area contributed by atoms with Gasteiger partial charge in [-0.2, -0.15) is 8.42 Å². The standard InChI is InChI=1S/C16H10Cl2O3S/c17-13-6-8-16(15(18)10-13)22(19,20)21-14-7-5-11-3-1-2-4-12(11)9-14/h1-10H. The van der Waals surface area contributed by atoms with Crippen LogP contribution in [0.2, 0.25) is 10.0 Å². The Labute approximate surface area is 138 Å². The highest BCUT2D eigenvalue weighted by molar-refractivity contribution is 7.87. The molecule has 0 radical (unpaired) electrons. The number of halogens is 2. The zero-order valence-corrected chi connectivity index (χ0v) is 13.5. The topological polar surface area (TPSA) is 43.4 Å². The highest BCUT2D eigenvalue weighted by Crippen LogP contribution is 2.29. The van der Waals surface area contributed by atoms with Gasteiger partial charge in [-0.1, -0.05) is 53.5 Å². The summed E-state index contributed by atoms with van der Waals surface area (Å²) in [7, 11) is -4.02. The fraction of sp³-hybridized carbons (Fsp3) is 0. The summed E-state index contributed by atoms with van der Waals surface area (Å²) in [4.78, 5) is -0.119. The molecule has 0 atom stereocenters. The number of rotatable bonds is 3. The smallest absolute Gasteiger partial charge is 0.340 e. The SMILES string of the molecule is O=S(=O)(Oc1ccc2ccccc2c1)c1ccc(Cl)cc1Cl. The maximum Gasteiger partial charge on any atom is 0.340 e. The van der Waals surface area contributed by atoms with Crippen LogP contribution >= 0.6 is 23.2 Å². The van der Waals surface area contributed by atoms with Crippen molar-refractivity contribution in [2.45, 2.75) is 4.90 Å². The normalized spacial score (nSPS) is 11.5. The summed E-state index contributed by atoms with van der Waals surface area (Å²) >= 11 is 11.7. The van der Waals surface area contributed by atoms with Crippen molar-refractivity contribution in [3.05, 3.63) is 70.7 Å². The number of benzene rings is 3. The van der Waals surface area contributed by atoms with Crippen LogP contribution in [-0.4, -0.2) is 8.42 Å². The minimum Gasteiger partial charge on any atom is -0.379 e. The van der Waals surface area contributed by atoms with Crippen LogP contribution in [0.4, 0.5) is 0 Å². The van der Waals surface area contributed by atoms with Gasteiger partial charge >= 0.3 is 10.1 Å². The van der Waals surface area contributed by atoms with Gasteiger partial charge in [0.2, 0.25) is 0 Å². The fourth-order valence-electron chi connectivity index (χ4n) is 2.07. The quantitative estimate of drug-likeness (QED) is 0.628. The minimum atomic E-state index is -4.02. The van der Waals surface area contributed by atoms with E-state index in [1.807, 2.05) is 24.3 Å². The minimum absolute atomic E-state index is 0.0216. The molecule has 112 valence electrons. The average Bonchev–Trinajstić information content (AvgIpc) is 2.46. The van der Waals surface area contributed by atoms with Crippen molar-refractivity contribution in [1.82, 2.24) is 0 Å². The van der Waals surface area contributed by atoms with Crippen LogP contribution in [0, 0.1) is 0 Å². The Morgan fingerprint density at radius 1 is 0.818 bits per heavy atom. The van der Waals surface area contributed by atoms with E-state index in [-0.39, 0.29) is 15.7 Å². The molecule has 0 N–H and O–H groups in total. The Kier molecular flexibility index (Phi) is 4.00. The van der Waals surface area contributed by atoms with E-state index in [1.165, 1.54) is 18.2 Å². The molecule has 0 aliphatic carbocycles. The van der Waals surface area contributed by atoms with Gasteiger partial charge in [0.05, 0.1) is 5.02 Å². The average molecular weight is 353 g/mol. The lowest BCUT2D eigenvalue weighted by Gasteiger charge is -2.09. The summed E-state index contributed by atoms with van der Waals surface area (Å²) in [6, 6.07) is 16.8. The van der Waals surface area contributed by atoms with Gasteiger partial charge < -0.3 is 4.18 Å². The summed E-state index contributed by atoms with van der Waals surface area (Å²) in [5.74, 6) is 0.227. The van der Waals surface area contributed by atoms with Crippen molar-refractivity contribution >= 4 is 44.1 Å². The van der Waals surface area contributed by atoms with Crippen molar-refractivity contribution in [3.63, 3.8) is 0 Å². The monoisotopic (exact) mass is 352 g/mol. The van der Waals surface area contributed by atoms with E-state index in [9.17, 15) is 8.42 Å². The zero-order chi connectivity index (χ0) is 15.7. The number of fused-ring (bicyclic) bond motifs is 1. The first-order chi connectivity index (χ1) is 10.5. The summed E-state index contributed by atoms with van der Waals surface area (Å²) in [6.07, 6.45) is 0. The summed E-state index contributed by atoms with van der Waals surface area (Å²) in [6.45, 7) is 0. The van der Waals surface area contributed by atoms with Crippen LogP contribution in [0.1, 0.15) is 0 Å². The molecule has 0 unspecified atom stereocenters. The van der Waals surface area contributed by atoms with Crippen LogP contribution in [0.5, 0.6) is 5.75 Å². The van der Waals surface area contributed by atoms with Crippen LogP contribution in [0.3, 0.4) is 0 Å². The molecule has 0 aliphatic heterocycles. The Hall–Kier alpha value is -1.75. The Bertz CT molecular complexity index is 953. The van der Waals surface area contributed by atoms with Crippen molar-refractivity contribution in [2.24, 2.45) is 0 Å². The van der Waals surface area contributed by atoms with Gasteiger partial charge in [-0.15, -0.1) is 0 Å². The molecular weight excluding hydrogens is 343 g/mol. The van der Waals surface area contributed by atoms with Gasteiger partial charge in [-0.3, -0.25) is 0 Å². The lowest BCUT2D eigenvalue weighted by molar-refractivity contribution is 0.486. The predicted octanol–water partition coefficient (Wildman–Crippen LogP) is 4.91. The van der Waals surface area contributed by atoms with Gasteiger partial charge in [-0.25, -0.2) is 0 Å². The van der Waals surface area contributed by atoms with Gasteiger partial charge in [-0.05, 0) is 41.1 Å². The molecule has 6 heteroatoms. The van der Waals surface area contributed by atoms with E-state index in [0.717, 1.165) is 10.8 Å². The third kappa shape index (κ3) is 3.04. The molecule has 0 amide bonds. The molecule has 0 spiro atoms. The summed E-state index contributed by atoms with van der Waals surface area (Å²) in [5.41, 5.74) is 0. The van der Waals surface area contributed by atoms with Gasteiger partial charge in [0.15, 0.2) is 0 Å². The second-order valence-electron chi connectivity index (χ2n) is 4.62. The molecule has 3 aromatic rings.